The van der Waals surface area contributed by atoms with Gasteiger partial charge in [0.1, 0.15) is 5.82 Å². The normalized spacial score (nSPS) is 14.9. The predicted octanol–water partition coefficient (Wildman–Crippen LogP) is 0.944. The fraction of sp³-hybridized carbons (Fsp3) is 0.636. The van der Waals surface area contributed by atoms with Gasteiger partial charge in [-0.05, 0) is 19.9 Å². The second-order valence-corrected chi connectivity index (χ2v) is 3.90. The molecule has 4 nitrogen and oxygen atoms in total. The van der Waals surface area contributed by atoms with E-state index in [1.807, 2.05) is 19.9 Å². The molecule has 0 aliphatic heterocycles. The van der Waals surface area contributed by atoms with Crippen molar-refractivity contribution < 1.29 is 4.74 Å². The Morgan fingerprint density at radius 3 is 2.73 bits per heavy atom. The maximum atomic E-state index is 5.72. The average Bonchev–Trinajstić information content (AvgIpc) is 2.17. The van der Waals surface area contributed by atoms with E-state index in [2.05, 4.69) is 9.97 Å². The van der Waals surface area contributed by atoms with E-state index in [4.69, 9.17) is 10.5 Å². The Balaban J connectivity index is 2.65. The van der Waals surface area contributed by atoms with Crippen LogP contribution in [0.25, 0.3) is 0 Å². The van der Waals surface area contributed by atoms with Gasteiger partial charge in [-0.3, -0.25) is 0 Å². The van der Waals surface area contributed by atoms with E-state index in [9.17, 15) is 0 Å². The fourth-order valence-electron chi connectivity index (χ4n) is 1.32. The summed E-state index contributed by atoms with van der Waals surface area (Å²) < 4.78 is 5.17. The molecule has 15 heavy (non-hydrogen) atoms. The topological polar surface area (TPSA) is 61.0 Å². The molecule has 4 heteroatoms. The monoisotopic (exact) mass is 209 g/mol. The molecule has 0 bridgehead atoms. The summed E-state index contributed by atoms with van der Waals surface area (Å²) in [5.74, 6) is 0.822. The Bertz CT molecular complexity index is 302. The standard InChI is InChI=1S/C11H19N3O/c1-8(12)6-10-4-5-13-11(14-10)7-9(2)15-3/h4-5,8-9H,6-7,12H2,1-3H3. The third-order valence-electron chi connectivity index (χ3n) is 2.17. The maximum absolute atomic E-state index is 5.72. The van der Waals surface area contributed by atoms with Gasteiger partial charge < -0.3 is 10.5 Å². The van der Waals surface area contributed by atoms with Crippen molar-refractivity contribution in [3.63, 3.8) is 0 Å². The zero-order valence-electron chi connectivity index (χ0n) is 9.60. The summed E-state index contributed by atoms with van der Waals surface area (Å²) in [7, 11) is 1.69. The number of ether oxygens (including phenoxy) is 1. The number of rotatable bonds is 5. The second-order valence-electron chi connectivity index (χ2n) is 3.90. The van der Waals surface area contributed by atoms with Crippen LogP contribution in [0.4, 0.5) is 0 Å². The first-order valence-corrected chi connectivity index (χ1v) is 5.21. The molecule has 0 amide bonds. The molecule has 0 saturated carbocycles. The summed E-state index contributed by atoms with van der Waals surface area (Å²) >= 11 is 0. The van der Waals surface area contributed by atoms with Gasteiger partial charge >= 0.3 is 0 Å². The summed E-state index contributed by atoms with van der Waals surface area (Å²) in [6, 6.07) is 2.04. The van der Waals surface area contributed by atoms with Crippen LogP contribution >= 0.6 is 0 Å². The first kappa shape index (κ1) is 12.1. The molecule has 0 spiro atoms. The first-order chi connectivity index (χ1) is 7.11. The Morgan fingerprint density at radius 2 is 2.13 bits per heavy atom. The van der Waals surface area contributed by atoms with Gasteiger partial charge in [-0.25, -0.2) is 9.97 Å². The summed E-state index contributed by atoms with van der Waals surface area (Å²) in [4.78, 5) is 8.63. The molecule has 1 aromatic rings. The van der Waals surface area contributed by atoms with Gasteiger partial charge in [0.15, 0.2) is 0 Å². The van der Waals surface area contributed by atoms with E-state index in [1.165, 1.54) is 0 Å². The quantitative estimate of drug-likeness (QED) is 0.784. The number of nitrogens with zero attached hydrogens (tertiary/aromatic N) is 2. The second kappa shape index (κ2) is 5.78. The van der Waals surface area contributed by atoms with Crippen LogP contribution in [0, 0.1) is 0 Å². The third-order valence-corrected chi connectivity index (χ3v) is 2.17. The minimum Gasteiger partial charge on any atom is -0.381 e. The Hall–Kier alpha value is -1.00. The molecule has 1 heterocycles. The Labute approximate surface area is 90.9 Å². The van der Waals surface area contributed by atoms with Crippen LogP contribution in [-0.4, -0.2) is 29.2 Å². The minimum atomic E-state index is 0.132. The van der Waals surface area contributed by atoms with Crippen molar-refractivity contribution in [3.8, 4) is 0 Å². The molecular formula is C11H19N3O. The molecule has 0 aliphatic carbocycles. The molecule has 2 N–H and O–H groups in total. The van der Waals surface area contributed by atoms with E-state index >= 15 is 0 Å². The van der Waals surface area contributed by atoms with Crippen molar-refractivity contribution in [3.05, 3.63) is 23.8 Å². The molecular weight excluding hydrogens is 190 g/mol. The smallest absolute Gasteiger partial charge is 0.131 e. The zero-order chi connectivity index (χ0) is 11.3. The predicted molar refractivity (Wildman–Crippen MR) is 59.6 cm³/mol. The van der Waals surface area contributed by atoms with Crippen molar-refractivity contribution in [2.45, 2.75) is 38.8 Å². The molecule has 0 aliphatic rings. The zero-order valence-corrected chi connectivity index (χ0v) is 9.60. The van der Waals surface area contributed by atoms with E-state index in [0.29, 0.717) is 0 Å². The van der Waals surface area contributed by atoms with Crippen molar-refractivity contribution >= 4 is 0 Å². The number of hydrogen-bond donors (Lipinski definition) is 1. The molecule has 2 unspecified atom stereocenters. The summed E-state index contributed by atoms with van der Waals surface area (Å²) in [5.41, 5.74) is 6.72. The molecule has 1 rings (SSSR count). The highest BCUT2D eigenvalue weighted by atomic mass is 16.5. The first-order valence-electron chi connectivity index (χ1n) is 5.21. The van der Waals surface area contributed by atoms with Crippen LogP contribution in [-0.2, 0) is 17.6 Å². The molecule has 84 valence electrons. The number of methoxy groups -OCH3 is 1. The minimum absolute atomic E-state index is 0.132. The van der Waals surface area contributed by atoms with Gasteiger partial charge in [0.05, 0.1) is 6.10 Å². The van der Waals surface area contributed by atoms with E-state index < -0.39 is 0 Å². The highest BCUT2D eigenvalue weighted by Crippen LogP contribution is 2.02. The SMILES string of the molecule is COC(C)Cc1nccc(CC(C)N)n1. The van der Waals surface area contributed by atoms with Crippen LogP contribution in [0.3, 0.4) is 0 Å². The van der Waals surface area contributed by atoms with E-state index in [1.54, 1.807) is 13.3 Å². The molecule has 0 fully saturated rings. The lowest BCUT2D eigenvalue weighted by Crippen LogP contribution is -2.19. The van der Waals surface area contributed by atoms with Crippen LogP contribution in [0.2, 0.25) is 0 Å². The third kappa shape index (κ3) is 4.36. The van der Waals surface area contributed by atoms with Gasteiger partial charge in [0.2, 0.25) is 0 Å². The summed E-state index contributed by atoms with van der Waals surface area (Å²) in [5, 5.41) is 0. The van der Waals surface area contributed by atoms with E-state index in [0.717, 1.165) is 24.4 Å². The van der Waals surface area contributed by atoms with Gasteiger partial charge in [0.25, 0.3) is 0 Å². The van der Waals surface area contributed by atoms with Gasteiger partial charge in [-0.15, -0.1) is 0 Å². The number of aromatic nitrogens is 2. The highest BCUT2D eigenvalue weighted by Gasteiger charge is 2.06. The summed E-state index contributed by atoms with van der Waals surface area (Å²) in [6.45, 7) is 3.97. The molecule has 0 aromatic carbocycles. The van der Waals surface area contributed by atoms with Gasteiger partial charge in [0, 0.05) is 37.9 Å². The van der Waals surface area contributed by atoms with Crippen LogP contribution in [0.15, 0.2) is 12.3 Å². The van der Waals surface area contributed by atoms with Crippen LogP contribution in [0.1, 0.15) is 25.4 Å². The maximum Gasteiger partial charge on any atom is 0.131 e. The molecule has 0 radical (unpaired) electrons. The molecule has 2 atom stereocenters. The van der Waals surface area contributed by atoms with Crippen molar-refractivity contribution in [1.82, 2.24) is 9.97 Å². The lowest BCUT2D eigenvalue weighted by molar-refractivity contribution is 0.117. The fourth-order valence-corrected chi connectivity index (χ4v) is 1.32. The largest absolute Gasteiger partial charge is 0.381 e. The highest BCUT2D eigenvalue weighted by molar-refractivity contribution is 5.04. The van der Waals surface area contributed by atoms with Crippen LogP contribution in [0.5, 0.6) is 0 Å². The number of nitrogens with two attached hydrogens (primary N) is 1. The van der Waals surface area contributed by atoms with Crippen LogP contribution < -0.4 is 5.73 Å². The Morgan fingerprint density at radius 1 is 1.40 bits per heavy atom. The van der Waals surface area contributed by atoms with E-state index in [-0.39, 0.29) is 12.1 Å². The molecule has 1 aromatic heterocycles. The van der Waals surface area contributed by atoms with Gasteiger partial charge in [-0.1, -0.05) is 0 Å². The lowest BCUT2D eigenvalue weighted by Gasteiger charge is -2.09. The summed E-state index contributed by atoms with van der Waals surface area (Å²) in [6.07, 6.45) is 3.46. The number of hydrogen-bond acceptors (Lipinski definition) is 4. The van der Waals surface area contributed by atoms with Gasteiger partial charge in [-0.2, -0.15) is 0 Å². The molecule has 0 saturated heterocycles. The van der Waals surface area contributed by atoms with Crippen molar-refractivity contribution in [2.24, 2.45) is 5.73 Å². The lowest BCUT2D eigenvalue weighted by atomic mass is 10.2. The average molecular weight is 209 g/mol. The van der Waals surface area contributed by atoms with Crippen molar-refractivity contribution in [2.75, 3.05) is 7.11 Å². The van der Waals surface area contributed by atoms with Crippen molar-refractivity contribution in [1.29, 1.82) is 0 Å². The Kier molecular flexibility index (Phi) is 4.65.